The van der Waals surface area contributed by atoms with Crippen LogP contribution in [0.4, 0.5) is 0 Å². The Kier molecular flexibility index (Phi) is 4.97. The van der Waals surface area contributed by atoms with Crippen LogP contribution in [0, 0.1) is 0 Å². The molecule has 0 saturated carbocycles. The van der Waals surface area contributed by atoms with Crippen molar-refractivity contribution in [3.63, 3.8) is 0 Å². The second-order valence-electron chi connectivity index (χ2n) is 3.32. The van der Waals surface area contributed by atoms with Gasteiger partial charge in [-0.15, -0.1) is 11.3 Å². The first-order chi connectivity index (χ1) is 8.84. The lowest BCUT2D eigenvalue weighted by molar-refractivity contribution is -0.140. The van der Waals surface area contributed by atoms with Crippen LogP contribution in [-0.4, -0.2) is 57.5 Å². The molecule has 8 nitrogen and oxygen atoms in total. The molecule has 0 amide bonds. The van der Waals surface area contributed by atoms with Gasteiger partial charge in [-0.2, -0.15) is 4.31 Å². The fraction of sp³-hybridized carbons (Fsp3) is 0.444. The highest BCUT2D eigenvalue weighted by molar-refractivity contribution is 7.91. The van der Waals surface area contributed by atoms with Crippen LogP contribution in [0.3, 0.4) is 0 Å². The molecule has 106 valence electrons. The molecule has 1 aromatic heterocycles. The Morgan fingerprint density at radius 2 is 2.00 bits per heavy atom. The summed E-state index contributed by atoms with van der Waals surface area (Å²) in [5.74, 6) is -1.57. The van der Waals surface area contributed by atoms with Gasteiger partial charge in [-0.05, 0) is 0 Å². The average molecular weight is 308 g/mol. The molecule has 10 heteroatoms. The third-order valence-corrected chi connectivity index (χ3v) is 5.29. The van der Waals surface area contributed by atoms with Crippen LogP contribution in [0.2, 0.25) is 0 Å². The minimum Gasteiger partial charge on any atom is -0.468 e. The number of methoxy groups -OCH3 is 2. The summed E-state index contributed by atoms with van der Waals surface area (Å²) in [6.07, 6.45) is 0. The molecule has 0 aromatic carbocycles. The summed E-state index contributed by atoms with van der Waals surface area (Å²) in [4.78, 5) is 26.1. The monoisotopic (exact) mass is 308 g/mol. The number of hydrogen-bond donors (Lipinski definition) is 0. The van der Waals surface area contributed by atoms with Crippen molar-refractivity contribution in [2.45, 2.75) is 4.21 Å². The second kappa shape index (κ2) is 6.08. The van der Waals surface area contributed by atoms with Crippen molar-refractivity contribution in [1.82, 2.24) is 9.29 Å². The van der Waals surface area contributed by atoms with Crippen molar-refractivity contribution >= 4 is 33.3 Å². The largest absolute Gasteiger partial charge is 0.468 e. The molecule has 1 heterocycles. The molecule has 1 aromatic rings. The Hall–Kier alpha value is -1.52. The van der Waals surface area contributed by atoms with Gasteiger partial charge < -0.3 is 9.47 Å². The van der Waals surface area contributed by atoms with Gasteiger partial charge in [-0.1, -0.05) is 0 Å². The number of likely N-dealkylation sites (N-methyl/N-ethyl adjacent to an activating group) is 1. The predicted molar refractivity (Wildman–Crippen MR) is 65.3 cm³/mol. The zero-order valence-electron chi connectivity index (χ0n) is 10.4. The average Bonchev–Trinajstić information content (AvgIpc) is 2.87. The SMILES string of the molecule is COC(=O)CN(C)S(=O)(=O)c1scnc1C(=O)OC. The fourth-order valence-corrected chi connectivity index (χ4v) is 3.56. The number of hydrogen-bond acceptors (Lipinski definition) is 8. The Morgan fingerprint density at radius 3 is 2.53 bits per heavy atom. The fourth-order valence-electron chi connectivity index (χ4n) is 1.12. The Balaban J connectivity index is 3.10. The van der Waals surface area contributed by atoms with Crippen molar-refractivity contribution in [3.05, 3.63) is 11.2 Å². The third kappa shape index (κ3) is 3.28. The third-order valence-electron chi connectivity index (χ3n) is 2.14. The van der Waals surface area contributed by atoms with Gasteiger partial charge in [0.15, 0.2) is 9.90 Å². The lowest BCUT2D eigenvalue weighted by atomic mass is 10.5. The standard InChI is InChI=1S/C9H12N2O6S2/c1-11(4-6(12)16-2)19(14,15)9-7(8(13)17-3)10-5-18-9/h5H,4H2,1-3H3. The van der Waals surface area contributed by atoms with Crippen molar-refractivity contribution in [2.24, 2.45) is 0 Å². The normalized spacial score (nSPS) is 11.4. The quantitative estimate of drug-likeness (QED) is 0.689. The van der Waals surface area contributed by atoms with E-state index in [9.17, 15) is 18.0 Å². The molecule has 0 bridgehead atoms. The van der Waals surface area contributed by atoms with E-state index < -0.39 is 28.5 Å². The van der Waals surface area contributed by atoms with E-state index in [-0.39, 0.29) is 9.90 Å². The van der Waals surface area contributed by atoms with Gasteiger partial charge in [-0.3, -0.25) is 4.79 Å². The number of sulfonamides is 1. The summed E-state index contributed by atoms with van der Waals surface area (Å²) in [5.41, 5.74) is 0.912. The number of nitrogens with zero attached hydrogens (tertiary/aromatic N) is 2. The number of ether oxygens (including phenoxy) is 2. The van der Waals surface area contributed by atoms with E-state index in [1.54, 1.807) is 0 Å². The first-order valence-corrected chi connectivity index (χ1v) is 7.21. The van der Waals surface area contributed by atoms with E-state index in [1.807, 2.05) is 0 Å². The topological polar surface area (TPSA) is 103 Å². The van der Waals surface area contributed by atoms with E-state index in [1.165, 1.54) is 12.6 Å². The molecule has 0 aliphatic rings. The highest BCUT2D eigenvalue weighted by Gasteiger charge is 2.31. The van der Waals surface area contributed by atoms with Crippen LogP contribution in [0.25, 0.3) is 0 Å². The van der Waals surface area contributed by atoms with Crippen molar-refractivity contribution in [1.29, 1.82) is 0 Å². The maximum absolute atomic E-state index is 12.2. The highest BCUT2D eigenvalue weighted by Crippen LogP contribution is 2.23. The lowest BCUT2D eigenvalue weighted by Crippen LogP contribution is -2.33. The molecule has 1 rings (SSSR count). The van der Waals surface area contributed by atoms with Crippen LogP contribution in [-0.2, 0) is 24.3 Å². The molecular weight excluding hydrogens is 296 g/mol. The van der Waals surface area contributed by atoms with E-state index in [0.29, 0.717) is 0 Å². The number of thiazole rings is 1. The smallest absolute Gasteiger partial charge is 0.358 e. The van der Waals surface area contributed by atoms with Gasteiger partial charge in [0.25, 0.3) is 10.0 Å². The van der Waals surface area contributed by atoms with Gasteiger partial charge >= 0.3 is 11.9 Å². The Morgan fingerprint density at radius 1 is 1.37 bits per heavy atom. The van der Waals surface area contributed by atoms with E-state index >= 15 is 0 Å². The van der Waals surface area contributed by atoms with Gasteiger partial charge in [-0.25, -0.2) is 18.2 Å². The molecule has 0 atom stereocenters. The Labute approximate surface area is 114 Å². The number of rotatable bonds is 5. The summed E-state index contributed by atoms with van der Waals surface area (Å²) in [6, 6.07) is 0. The van der Waals surface area contributed by atoms with Gasteiger partial charge in [0, 0.05) is 7.05 Å². The number of carbonyl (C=O) groups is 2. The maximum Gasteiger partial charge on any atom is 0.358 e. The zero-order valence-corrected chi connectivity index (χ0v) is 12.1. The zero-order chi connectivity index (χ0) is 14.6. The van der Waals surface area contributed by atoms with Gasteiger partial charge in [0.05, 0.1) is 19.7 Å². The molecule has 19 heavy (non-hydrogen) atoms. The minimum atomic E-state index is -4.00. The predicted octanol–water partition coefficient (Wildman–Crippen LogP) is -0.277. The first-order valence-electron chi connectivity index (χ1n) is 4.89. The molecule has 0 spiro atoms. The van der Waals surface area contributed by atoms with Crippen LogP contribution in [0.1, 0.15) is 10.5 Å². The maximum atomic E-state index is 12.2. The molecule has 0 saturated heterocycles. The van der Waals surface area contributed by atoms with Crippen LogP contribution in [0.5, 0.6) is 0 Å². The lowest BCUT2D eigenvalue weighted by Gasteiger charge is -2.14. The van der Waals surface area contributed by atoms with Gasteiger partial charge in [0.2, 0.25) is 0 Å². The summed E-state index contributed by atoms with van der Waals surface area (Å²) in [6.45, 7) is -0.461. The van der Waals surface area contributed by atoms with Crippen LogP contribution >= 0.6 is 11.3 Å². The summed E-state index contributed by atoms with van der Waals surface area (Å²) < 4.78 is 33.7. The van der Waals surface area contributed by atoms with Crippen molar-refractivity contribution in [3.8, 4) is 0 Å². The summed E-state index contributed by atoms with van der Waals surface area (Å²) in [7, 11) is -0.528. The van der Waals surface area contributed by atoms with E-state index in [0.717, 1.165) is 29.9 Å². The van der Waals surface area contributed by atoms with E-state index in [2.05, 4.69) is 14.5 Å². The number of esters is 2. The minimum absolute atomic E-state index is 0.272. The molecule has 0 aliphatic heterocycles. The molecule has 0 unspecified atom stereocenters. The molecule has 0 radical (unpaired) electrons. The van der Waals surface area contributed by atoms with Crippen molar-refractivity contribution in [2.75, 3.05) is 27.8 Å². The molecule has 0 aliphatic carbocycles. The van der Waals surface area contributed by atoms with Crippen LogP contribution in [0.15, 0.2) is 9.72 Å². The van der Waals surface area contributed by atoms with E-state index in [4.69, 9.17) is 0 Å². The number of aromatic nitrogens is 1. The first kappa shape index (κ1) is 15.5. The summed E-state index contributed by atoms with van der Waals surface area (Å²) >= 11 is 0.770. The molecule has 0 fully saturated rings. The van der Waals surface area contributed by atoms with Crippen molar-refractivity contribution < 1.29 is 27.5 Å². The van der Waals surface area contributed by atoms with Crippen LogP contribution < -0.4 is 0 Å². The molecule has 0 N–H and O–H groups in total. The highest BCUT2D eigenvalue weighted by atomic mass is 32.2. The summed E-state index contributed by atoms with van der Waals surface area (Å²) in [5, 5.41) is 0. The number of carbonyl (C=O) groups excluding carboxylic acids is 2. The molecular formula is C9H12N2O6S2. The van der Waals surface area contributed by atoms with Gasteiger partial charge in [0.1, 0.15) is 6.54 Å². The second-order valence-corrected chi connectivity index (χ2v) is 6.41. The Bertz CT molecular complexity index is 579.